The van der Waals surface area contributed by atoms with Crippen LogP contribution in [0.4, 0.5) is 11.4 Å². The normalized spacial score (nSPS) is 10.9. The number of amides is 2. The molecule has 8 nitrogen and oxygen atoms in total. The molecule has 0 atom stereocenters. The first-order valence-electron chi connectivity index (χ1n) is 9.45. The third kappa shape index (κ3) is 6.09. The van der Waals surface area contributed by atoms with Gasteiger partial charge in [0, 0.05) is 17.2 Å². The van der Waals surface area contributed by atoms with Gasteiger partial charge in [-0.2, -0.15) is 0 Å². The maximum absolute atomic E-state index is 13.0. The summed E-state index contributed by atoms with van der Waals surface area (Å²) < 4.78 is 5.21. The number of benzene rings is 3. The number of carbonyl (C=O) groups is 2. The lowest BCUT2D eigenvalue weighted by molar-refractivity contribution is -0.384. The van der Waals surface area contributed by atoms with E-state index in [2.05, 4.69) is 10.6 Å². The van der Waals surface area contributed by atoms with Crippen molar-refractivity contribution in [2.24, 2.45) is 0 Å². The minimum Gasteiger partial charge on any atom is -0.496 e. The second kappa shape index (κ2) is 10.6. The number of carbonyl (C=O) groups excluding carboxylic acids is 2. The van der Waals surface area contributed by atoms with E-state index in [0.717, 1.165) is 0 Å². The van der Waals surface area contributed by atoms with Crippen LogP contribution in [0.2, 0.25) is 10.0 Å². The molecule has 3 rings (SSSR count). The Labute approximate surface area is 198 Å². The second-order valence-corrected chi connectivity index (χ2v) is 7.48. The Morgan fingerprint density at radius 3 is 2.36 bits per heavy atom. The summed E-state index contributed by atoms with van der Waals surface area (Å²) in [5.74, 6) is -0.926. The zero-order valence-corrected chi connectivity index (χ0v) is 18.7. The summed E-state index contributed by atoms with van der Waals surface area (Å²) >= 11 is 12.0. The average molecular weight is 486 g/mol. The van der Waals surface area contributed by atoms with Crippen molar-refractivity contribution in [1.82, 2.24) is 5.32 Å². The average Bonchev–Trinajstić information content (AvgIpc) is 2.80. The molecular weight excluding hydrogens is 469 g/mol. The molecule has 168 valence electrons. The highest BCUT2D eigenvalue weighted by atomic mass is 35.5. The Hall–Kier alpha value is -3.88. The third-order valence-corrected chi connectivity index (χ3v) is 4.99. The fourth-order valence-corrected chi connectivity index (χ4v) is 3.28. The third-order valence-electron chi connectivity index (χ3n) is 4.44. The molecule has 10 heteroatoms. The zero-order chi connectivity index (χ0) is 24.0. The van der Waals surface area contributed by atoms with E-state index < -0.39 is 16.7 Å². The van der Waals surface area contributed by atoms with Crippen molar-refractivity contribution in [2.75, 3.05) is 12.4 Å². The first kappa shape index (κ1) is 23.8. The summed E-state index contributed by atoms with van der Waals surface area (Å²) in [5.41, 5.74) is 0.724. The van der Waals surface area contributed by atoms with E-state index in [0.29, 0.717) is 16.3 Å². The molecule has 3 aromatic carbocycles. The van der Waals surface area contributed by atoms with Crippen LogP contribution in [0.25, 0.3) is 6.08 Å². The van der Waals surface area contributed by atoms with Crippen molar-refractivity contribution in [3.8, 4) is 5.75 Å². The van der Waals surface area contributed by atoms with Crippen LogP contribution in [0.1, 0.15) is 15.9 Å². The standard InChI is InChI=1S/C23H17Cl2N3O5/c1-33-21-5-3-2-4-17(21)22(29)27-20(12-14-6-9-16(10-7-14)28(31)32)23(30)26-19-11-8-15(24)13-18(19)25/h2-13H,1H3,(H,26,30)(H,27,29)/b20-12-. The molecule has 3 aromatic rings. The predicted molar refractivity (Wildman–Crippen MR) is 127 cm³/mol. The Morgan fingerprint density at radius 2 is 1.73 bits per heavy atom. The molecule has 0 unspecified atom stereocenters. The van der Waals surface area contributed by atoms with Crippen LogP contribution in [-0.2, 0) is 4.79 Å². The van der Waals surface area contributed by atoms with E-state index in [9.17, 15) is 19.7 Å². The molecule has 0 aliphatic carbocycles. The van der Waals surface area contributed by atoms with E-state index in [1.807, 2.05) is 0 Å². The maximum atomic E-state index is 13.0. The van der Waals surface area contributed by atoms with Gasteiger partial charge in [-0.3, -0.25) is 19.7 Å². The molecule has 0 bridgehead atoms. The summed E-state index contributed by atoms with van der Waals surface area (Å²) in [4.78, 5) is 36.3. The Balaban J connectivity index is 1.95. The zero-order valence-electron chi connectivity index (χ0n) is 17.2. The quantitative estimate of drug-likeness (QED) is 0.267. The van der Waals surface area contributed by atoms with Crippen molar-refractivity contribution in [3.63, 3.8) is 0 Å². The topological polar surface area (TPSA) is 111 Å². The second-order valence-electron chi connectivity index (χ2n) is 6.64. The van der Waals surface area contributed by atoms with E-state index in [-0.39, 0.29) is 27.7 Å². The van der Waals surface area contributed by atoms with Crippen LogP contribution < -0.4 is 15.4 Å². The molecule has 0 radical (unpaired) electrons. The molecule has 0 spiro atoms. The Bertz CT molecular complexity index is 1240. The lowest BCUT2D eigenvalue weighted by Crippen LogP contribution is -2.31. The number of hydrogen-bond acceptors (Lipinski definition) is 5. The van der Waals surface area contributed by atoms with E-state index in [1.54, 1.807) is 30.3 Å². The van der Waals surface area contributed by atoms with Gasteiger partial charge >= 0.3 is 0 Å². The van der Waals surface area contributed by atoms with Crippen LogP contribution in [0.15, 0.2) is 72.4 Å². The largest absolute Gasteiger partial charge is 0.496 e. The van der Waals surface area contributed by atoms with Crippen LogP contribution in [0.3, 0.4) is 0 Å². The minimum absolute atomic E-state index is 0.107. The summed E-state index contributed by atoms with van der Waals surface area (Å²) in [6.07, 6.45) is 1.39. The smallest absolute Gasteiger partial charge is 0.272 e. The van der Waals surface area contributed by atoms with Gasteiger partial charge in [-0.15, -0.1) is 0 Å². The molecular formula is C23H17Cl2N3O5. The van der Waals surface area contributed by atoms with Crippen LogP contribution in [-0.4, -0.2) is 23.8 Å². The first-order chi connectivity index (χ1) is 15.8. The van der Waals surface area contributed by atoms with Gasteiger partial charge in [0.2, 0.25) is 0 Å². The fourth-order valence-electron chi connectivity index (χ4n) is 2.82. The minimum atomic E-state index is -0.666. The van der Waals surface area contributed by atoms with Gasteiger partial charge in [-0.1, -0.05) is 35.3 Å². The van der Waals surface area contributed by atoms with E-state index in [4.69, 9.17) is 27.9 Å². The number of non-ortho nitro benzene ring substituents is 1. The highest BCUT2D eigenvalue weighted by Gasteiger charge is 2.18. The van der Waals surface area contributed by atoms with Crippen LogP contribution in [0.5, 0.6) is 5.75 Å². The number of nitro groups is 1. The molecule has 0 fully saturated rings. The number of nitro benzene ring substituents is 1. The van der Waals surface area contributed by atoms with Gasteiger partial charge in [0.25, 0.3) is 17.5 Å². The lowest BCUT2D eigenvalue weighted by Gasteiger charge is -2.13. The van der Waals surface area contributed by atoms with Crippen molar-refractivity contribution in [3.05, 3.63) is 104 Å². The number of methoxy groups -OCH3 is 1. The number of nitrogens with zero attached hydrogens (tertiary/aromatic N) is 1. The van der Waals surface area contributed by atoms with Gasteiger partial charge in [-0.25, -0.2) is 0 Å². The number of para-hydroxylation sites is 1. The first-order valence-corrected chi connectivity index (χ1v) is 10.2. The van der Waals surface area contributed by atoms with Gasteiger partial charge in [0.05, 0.1) is 28.3 Å². The fraction of sp³-hybridized carbons (Fsp3) is 0.0435. The summed E-state index contributed by atoms with van der Waals surface area (Å²) in [7, 11) is 1.43. The SMILES string of the molecule is COc1ccccc1C(=O)N/C(=C\c1ccc([N+](=O)[O-])cc1)C(=O)Nc1ccc(Cl)cc1Cl. The lowest BCUT2D eigenvalue weighted by atomic mass is 10.1. The molecule has 2 N–H and O–H groups in total. The maximum Gasteiger partial charge on any atom is 0.272 e. The van der Waals surface area contributed by atoms with Gasteiger partial charge in [0.1, 0.15) is 11.4 Å². The Morgan fingerprint density at radius 1 is 1.03 bits per heavy atom. The molecule has 0 saturated carbocycles. The summed E-state index contributed by atoms with van der Waals surface area (Å²) in [6, 6.07) is 16.6. The predicted octanol–water partition coefficient (Wildman–Crippen LogP) is 5.32. The Kier molecular flexibility index (Phi) is 7.66. The summed E-state index contributed by atoms with van der Waals surface area (Å²) in [5, 5.41) is 16.7. The van der Waals surface area contributed by atoms with Crippen molar-refractivity contribution >= 4 is 52.5 Å². The van der Waals surface area contributed by atoms with E-state index >= 15 is 0 Å². The van der Waals surface area contributed by atoms with Gasteiger partial charge < -0.3 is 15.4 Å². The monoisotopic (exact) mass is 485 g/mol. The van der Waals surface area contributed by atoms with E-state index in [1.165, 1.54) is 49.6 Å². The van der Waals surface area contributed by atoms with Gasteiger partial charge in [-0.05, 0) is 54.1 Å². The van der Waals surface area contributed by atoms with Crippen molar-refractivity contribution in [1.29, 1.82) is 0 Å². The highest BCUT2D eigenvalue weighted by Crippen LogP contribution is 2.26. The van der Waals surface area contributed by atoms with Gasteiger partial charge in [0.15, 0.2) is 0 Å². The number of anilines is 1. The number of hydrogen-bond donors (Lipinski definition) is 2. The molecule has 0 heterocycles. The number of ether oxygens (including phenoxy) is 1. The highest BCUT2D eigenvalue weighted by molar-refractivity contribution is 6.36. The van der Waals surface area contributed by atoms with Crippen LogP contribution in [0, 0.1) is 10.1 Å². The molecule has 0 aromatic heterocycles. The molecule has 0 aliphatic rings. The van der Waals surface area contributed by atoms with Crippen LogP contribution >= 0.6 is 23.2 Å². The molecule has 2 amide bonds. The molecule has 0 aliphatic heterocycles. The number of rotatable bonds is 7. The molecule has 0 saturated heterocycles. The number of nitrogens with one attached hydrogen (secondary N) is 2. The summed E-state index contributed by atoms with van der Waals surface area (Å²) in [6.45, 7) is 0. The molecule has 33 heavy (non-hydrogen) atoms. The number of halogens is 2. The van der Waals surface area contributed by atoms with Crippen molar-refractivity contribution < 1.29 is 19.2 Å². The van der Waals surface area contributed by atoms with Crippen molar-refractivity contribution in [2.45, 2.75) is 0 Å².